The van der Waals surface area contributed by atoms with Crippen molar-refractivity contribution in [1.29, 1.82) is 0 Å². The Morgan fingerprint density at radius 1 is 1.42 bits per heavy atom. The molecule has 0 spiro atoms. The predicted molar refractivity (Wildman–Crippen MR) is 67.1 cm³/mol. The minimum absolute atomic E-state index is 0.0132. The number of rotatable bonds is 5. The second-order valence-corrected chi connectivity index (χ2v) is 4.84. The molecule has 2 rings (SSSR count). The Balaban J connectivity index is 2.26. The molecule has 1 aliphatic carbocycles. The fourth-order valence-corrected chi connectivity index (χ4v) is 2.02. The molecule has 0 aromatic carbocycles. The molecule has 19 heavy (non-hydrogen) atoms. The molecule has 102 valence electrons. The third kappa shape index (κ3) is 2.83. The SMILES string of the molecule is CC(=O)c1cc(C(=O)N(CC(=O)O)C2CC2)n(C)c1. The largest absolute Gasteiger partial charge is 0.480 e. The van der Waals surface area contributed by atoms with Crippen molar-refractivity contribution in [1.82, 2.24) is 9.47 Å². The van der Waals surface area contributed by atoms with E-state index >= 15 is 0 Å². The molecular formula is C13H16N2O4. The highest BCUT2D eigenvalue weighted by Gasteiger charge is 2.35. The molecule has 1 aromatic rings. The van der Waals surface area contributed by atoms with Gasteiger partial charge in [0.15, 0.2) is 5.78 Å². The van der Waals surface area contributed by atoms with Gasteiger partial charge in [-0.3, -0.25) is 14.4 Å². The summed E-state index contributed by atoms with van der Waals surface area (Å²) in [4.78, 5) is 35.8. The monoisotopic (exact) mass is 264 g/mol. The lowest BCUT2D eigenvalue weighted by Crippen LogP contribution is -2.38. The van der Waals surface area contributed by atoms with Crippen molar-refractivity contribution >= 4 is 17.7 Å². The number of amides is 1. The van der Waals surface area contributed by atoms with Crippen molar-refractivity contribution in [2.24, 2.45) is 7.05 Å². The van der Waals surface area contributed by atoms with Crippen molar-refractivity contribution in [3.8, 4) is 0 Å². The van der Waals surface area contributed by atoms with E-state index in [1.54, 1.807) is 17.8 Å². The number of carbonyl (C=O) groups is 3. The van der Waals surface area contributed by atoms with E-state index < -0.39 is 5.97 Å². The Kier molecular flexibility index (Phi) is 3.42. The van der Waals surface area contributed by atoms with Crippen molar-refractivity contribution in [2.45, 2.75) is 25.8 Å². The molecule has 6 heteroatoms. The molecule has 0 atom stereocenters. The van der Waals surface area contributed by atoms with Gasteiger partial charge in [0.2, 0.25) is 0 Å². The van der Waals surface area contributed by atoms with Crippen LogP contribution in [0.3, 0.4) is 0 Å². The van der Waals surface area contributed by atoms with Gasteiger partial charge in [0.05, 0.1) is 0 Å². The summed E-state index contributed by atoms with van der Waals surface area (Å²) < 4.78 is 1.57. The maximum atomic E-state index is 12.3. The summed E-state index contributed by atoms with van der Waals surface area (Å²) >= 11 is 0. The number of carbonyl (C=O) groups excluding carboxylic acids is 2. The van der Waals surface area contributed by atoms with Crippen LogP contribution in [0.1, 0.15) is 40.6 Å². The Bertz CT molecular complexity index is 543. The number of hydrogen-bond acceptors (Lipinski definition) is 3. The minimum atomic E-state index is -1.03. The smallest absolute Gasteiger partial charge is 0.323 e. The van der Waals surface area contributed by atoms with Gasteiger partial charge in [-0.25, -0.2) is 0 Å². The number of Topliss-reactive ketones (excluding diaryl/α,β-unsaturated/α-hetero) is 1. The molecule has 0 unspecified atom stereocenters. The molecule has 1 heterocycles. The Labute approximate surface area is 110 Å². The number of aliphatic carboxylic acids is 1. The molecule has 6 nitrogen and oxygen atoms in total. The zero-order chi connectivity index (χ0) is 14.2. The Morgan fingerprint density at radius 2 is 2.05 bits per heavy atom. The third-order valence-electron chi connectivity index (χ3n) is 3.18. The highest BCUT2D eigenvalue weighted by Crippen LogP contribution is 2.28. The molecule has 1 saturated carbocycles. The summed E-state index contributed by atoms with van der Waals surface area (Å²) in [7, 11) is 1.67. The van der Waals surface area contributed by atoms with E-state index in [9.17, 15) is 14.4 Å². The van der Waals surface area contributed by atoms with Gasteiger partial charge in [0, 0.05) is 24.8 Å². The standard InChI is InChI=1S/C13H16N2O4/c1-8(16)9-5-11(14(2)6-9)13(19)15(7-12(17)18)10-3-4-10/h5-6,10H,3-4,7H2,1-2H3,(H,17,18). The van der Waals surface area contributed by atoms with E-state index in [1.165, 1.54) is 17.9 Å². The first kappa shape index (κ1) is 13.3. The molecule has 1 N–H and O–H groups in total. The summed E-state index contributed by atoms with van der Waals surface area (Å²) in [5.74, 6) is -1.48. The van der Waals surface area contributed by atoms with Crippen LogP contribution >= 0.6 is 0 Å². The first-order valence-electron chi connectivity index (χ1n) is 6.10. The normalized spacial score (nSPS) is 14.2. The number of carboxylic acid groups (broad SMARTS) is 1. The first-order chi connectivity index (χ1) is 8.90. The van der Waals surface area contributed by atoms with Gasteiger partial charge in [-0.1, -0.05) is 0 Å². The van der Waals surface area contributed by atoms with Crippen LogP contribution in [0, 0.1) is 0 Å². The number of aromatic nitrogens is 1. The number of nitrogens with zero attached hydrogens (tertiary/aromatic N) is 2. The third-order valence-corrected chi connectivity index (χ3v) is 3.18. The van der Waals surface area contributed by atoms with E-state index in [4.69, 9.17) is 5.11 Å². The average Bonchev–Trinajstić information content (AvgIpc) is 3.07. The van der Waals surface area contributed by atoms with Crippen molar-refractivity contribution in [2.75, 3.05) is 6.54 Å². The Morgan fingerprint density at radius 3 is 2.47 bits per heavy atom. The van der Waals surface area contributed by atoms with Gasteiger partial charge >= 0.3 is 5.97 Å². The van der Waals surface area contributed by atoms with E-state index in [0.29, 0.717) is 11.3 Å². The molecule has 1 aliphatic rings. The van der Waals surface area contributed by atoms with E-state index in [1.807, 2.05) is 0 Å². The van der Waals surface area contributed by atoms with Crippen LogP contribution in [0.4, 0.5) is 0 Å². The van der Waals surface area contributed by atoms with Crippen LogP contribution in [0.15, 0.2) is 12.3 Å². The molecule has 0 bridgehead atoms. The average molecular weight is 264 g/mol. The van der Waals surface area contributed by atoms with E-state index in [-0.39, 0.29) is 24.3 Å². The van der Waals surface area contributed by atoms with Gasteiger partial charge in [-0.2, -0.15) is 0 Å². The summed E-state index contributed by atoms with van der Waals surface area (Å²) in [5, 5.41) is 8.86. The molecule has 1 fully saturated rings. The van der Waals surface area contributed by atoms with Crippen molar-refractivity contribution in [3.05, 3.63) is 23.5 Å². The quantitative estimate of drug-likeness (QED) is 0.802. The number of hydrogen-bond donors (Lipinski definition) is 1. The number of aryl methyl sites for hydroxylation is 1. The van der Waals surface area contributed by atoms with Crippen LogP contribution in [-0.2, 0) is 11.8 Å². The number of ketones is 1. The van der Waals surface area contributed by atoms with Gasteiger partial charge in [-0.15, -0.1) is 0 Å². The second kappa shape index (κ2) is 4.87. The lowest BCUT2D eigenvalue weighted by Gasteiger charge is -2.20. The summed E-state index contributed by atoms with van der Waals surface area (Å²) in [6, 6.07) is 1.53. The predicted octanol–water partition coefficient (Wildman–Crippen LogP) is 0.917. The zero-order valence-electron chi connectivity index (χ0n) is 10.9. The van der Waals surface area contributed by atoms with Crippen LogP contribution in [-0.4, -0.2) is 44.8 Å². The maximum absolute atomic E-state index is 12.3. The fourth-order valence-electron chi connectivity index (χ4n) is 2.02. The molecule has 0 radical (unpaired) electrons. The molecule has 0 saturated heterocycles. The highest BCUT2D eigenvalue weighted by atomic mass is 16.4. The van der Waals surface area contributed by atoms with Crippen LogP contribution in [0.2, 0.25) is 0 Å². The molecule has 1 amide bonds. The minimum Gasteiger partial charge on any atom is -0.480 e. The van der Waals surface area contributed by atoms with E-state index in [0.717, 1.165) is 12.8 Å². The fraction of sp³-hybridized carbons (Fsp3) is 0.462. The van der Waals surface area contributed by atoms with Gasteiger partial charge in [0.1, 0.15) is 12.2 Å². The van der Waals surface area contributed by atoms with Crippen molar-refractivity contribution < 1.29 is 19.5 Å². The van der Waals surface area contributed by atoms with Crippen LogP contribution in [0.5, 0.6) is 0 Å². The summed E-state index contributed by atoms with van der Waals surface area (Å²) in [5.41, 5.74) is 0.801. The second-order valence-electron chi connectivity index (χ2n) is 4.84. The highest BCUT2D eigenvalue weighted by molar-refractivity contribution is 6.00. The first-order valence-corrected chi connectivity index (χ1v) is 6.10. The van der Waals surface area contributed by atoms with E-state index in [2.05, 4.69) is 0 Å². The molecule has 0 aliphatic heterocycles. The van der Waals surface area contributed by atoms with Gasteiger partial charge in [0.25, 0.3) is 5.91 Å². The topological polar surface area (TPSA) is 79.6 Å². The number of carboxylic acids is 1. The zero-order valence-corrected chi connectivity index (χ0v) is 10.9. The summed E-state index contributed by atoms with van der Waals surface area (Å²) in [6.45, 7) is 1.13. The summed E-state index contributed by atoms with van der Waals surface area (Å²) in [6.07, 6.45) is 3.26. The van der Waals surface area contributed by atoms with Crippen LogP contribution in [0.25, 0.3) is 0 Å². The van der Waals surface area contributed by atoms with Crippen LogP contribution < -0.4 is 0 Å². The maximum Gasteiger partial charge on any atom is 0.323 e. The van der Waals surface area contributed by atoms with Gasteiger partial charge < -0.3 is 14.6 Å². The Hall–Kier alpha value is -2.11. The van der Waals surface area contributed by atoms with Crippen molar-refractivity contribution in [3.63, 3.8) is 0 Å². The molecule has 1 aromatic heterocycles. The molecular weight excluding hydrogens is 248 g/mol. The lowest BCUT2D eigenvalue weighted by molar-refractivity contribution is -0.137. The van der Waals surface area contributed by atoms with Gasteiger partial charge in [-0.05, 0) is 25.8 Å². The lowest BCUT2D eigenvalue weighted by atomic mass is 10.2.